The second kappa shape index (κ2) is 7.22. The van der Waals surface area contributed by atoms with Crippen molar-refractivity contribution in [1.82, 2.24) is 5.32 Å². The lowest BCUT2D eigenvalue weighted by Crippen LogP contribution is -2.42. The van der Waals surface area contributed by atoms with Gasteiger partial charge in [-0.15, -0.1) is 0 Å². The van der Waals surface area contributed by atoms with Crippen LogP contribution in [-0.4, -0.2) is 37.2 Å². The van der Waals surface area contributed by atoms with Crippen molar-refractivity contribution in [2.75, 3.05) is 13.2 Å². The van der Waals surface area contributed by atoms with Crippen LogP contribution in [0.1, 0.15) is 31.7 Å². The van der Waals surface area contributed by atoms with Gasteiger partial charge < -0.3 is 9.47 Å². The predicted molar refractivity (Wildman–Crippen MR) is 77.8 cm³/mol. The average Bonchev–Trinajstić information content (AvgIpc) is 2.94. The Balaban J connectivity index is 2.18. The summed E-state index contributed by atoms with van der Waals surface area (Å²) in [6.07, 6.45) is 0.534. The molecular weight excluding hydrogens is 270 g/mol. The Morgan fingerprint density at radius 3 is 2.33 bits per heavy atom. The van der Waals surface area contributed by atoms with E-state index in [9.17, 15) is 9.59 Å². The highest BCUT2D eigenvalue weighted by Gasteiger charge is 2.43. The van der Waals surface area contributed by atoms with Gasteiger partial charge in [-0.2, -0.15) is 0 Å². The number of benzene rings is 1. The third-order valence-corrected chi connectivity index (χ3v) is 3.61. The summed E-state index contributed by atoms with van der Waals surface area (Å²) in [5.41, 5.74) is 1.02. The van der Waals surface area contributed by atoms with Crippen LogP contribution in [0.5, 0.6) is 0 Å². The van der Waals surface area contributed by atoms with E-state index in [1.807, 2.05) is 30.3 Å². The summed E-state index contributed by atoms with van der Waals surface area (Å²) in [4.78, 5) is 24.0. The summed E-state index contributed by atoms with van der Waals surface area (Å²) in [5, 5.41) is 3.06. The van der Waals surface area contributed by atoms with Crippen LogP contribution in [0.3, 0.4) is 0 Å². The molecule has 0 bridgehead atoms. The maximum absolute atomic E-state index is 12.1. The third kappa shape index (κ3) is 3.61. The fourth-order valence-corrected chi connectivity index (χ4v) is 2.69. The van der Waals surface area contributed by atoms with Crippen molar-refractivity contribution in [1.29, 1.82) is 0 Å². The topological polar surface area (TPSA) is 64.6 Å². The second-order valence-electron chi connectivity index (χ2n) is 4.95. The van der Waals surface area contributed by atoms with Crippen molar-refractivity contribution < 1.29 is 19.1 Å². The number of rotatable bonds is 5. The van der Waals surface area contributed by atoms with Gasteiger partial charge in [-0.3, -0.25) is 14.9 Å². The Morgan fingerprint density at radius 2 is 1.71 bits per heavy atom. The van der Waals surface area contributed by atoms with E-state index in [1.54, 1.807) is 13.8 Å². The molecule has 1 aliphatic rings. The Kier molecular flexibility index (Phi) is 5.33. The molecule has 1 saturated heterocycles. The van der Waals surface area contributed by atoms with Crippen molar-refractivity contribution in [3.8, 4) is 0 Å². The summed E-state index contributed by atoms with van der Waals surface area (Å²) in [7, 11) is 0. The molecule has 0 unspecified atom stereocenters. The second-order valence-corrected chi connectivity index (χ2v) is 4.95. The molecule has 0 amide bonds. The van der Waals surface area contributed by atoms with E-state index in [-0.39, 0.29) is 17.9 Å². The van der Waals surface area contributed by atoms with Crippen LogP contribution in [-0.2, 0) is 19.1 Å². The lowest BCUT2D eigenvalue weighted by Gasteiger charge is -2.18. The van der Waals surface area contributed by atoms with Gasteiger partial charge in [0.2, 0.25) is 0 Å². The molecule has 1 heterocycles. The molecule has 1 fully saturated rings. The first-order valence-corrected chi connectivity index (χ1v) is 7.31. The molecule has 1 aromatic rings. The number of ether oxygens (including phenoxy) is 2. The maximum Gasteiger partial charge on any atom is 0.323 e. The van der Waals surface area contributed by atoms with E-state index < -0.39 is 12.1 Å². The van der Waals surface area contributed by atoms with Gasteiger partial charge in [0, 0.05) is 5.92 Å². The van der Waals surface area contributed by atoms with Crippen molar-refractivity contribution in [2.24, 2.45) is 0 Å². The maximum atomic E-state index is 12.1. The molecule has 0 spiro atoms. The van der Waals surface area contributed by atoms with Gasteiger partial charge in [-0.05, 0) is 25.8 Å². The highest BCUT2D eigenvalue weighted by molar-refractivity contribution is 5.82. The average molecular weight is 291 g/mol. The molecule has 0 aromatic heterocycles. The Hall–Kier alpha value is -1.88. The molecular formula is C16H21NO4. The van der Waals surface area contributed by atoms with Gasteiger partial charge in [-0.25, -0.2) is 0 Å². The van der Waals surface area contributed by atoms with Gasteiger partial charge in [0.25, 0.3) is 0 Å². The van der Waals surface area contributed by atoms with E-state index in [1.165, 1.54) is 0 Å². The van der Waals surface area contributed by atoms with E-state index in [2.05, 4.69) is 5.32 Å². The largest absolute Gasteiger partial charge is 0.465 e. The van der Waals surface area contributed by atoms with E-state index >= 15 is 0 Å². The Bertz CT molecular complexity index is 488. The monoisotopic (exact) mass is 291 g/mol. The lowest BCUT2D eigenvalue weighted by atomic mass is 9.91. The van der Waals surface area contributed by atoms with Crippen molar-refractivity contribution in [2.45, 2.75) is 38.3 Å². The number of hydrogen-bond acceptors (Lipinski definition) is 5. The van der Waals surface area contributed by atoms with Crippen LogP contribution in [0, 0.1) is 0 Å². The van der Waals surface area contributed by atoms with Crippen molar-refractivity contribution >= 4 is 11.9 Å². The predicted octanol–water partition coefficient (Wildman–Crippen LogP) is 1.63. The fraction of sp³-hybridized carbons (Fsp3) is 0.500. The van der Waals surface area contributed by atoms with Crippen LogP contribution in [0.4, 0.5) is 0 Å². The standard InChI is InChI=1S/C16H21NO4/c1-3-20-15(18)13-10-12(11-8-6-5-7-9-11)14(17-13)16(19)21-4-2/h5-9,12-14,17H,3-4,10H2,1-2H3/t12-,13+,14-/m1/s1. The fourth-order valence-electron chi connectivity index (χ4n) is 2.69. The molecule has 1 aromatic carbocycles. The minimum atomic E-state index is -0.512. The van der Waals surface area contributed by atoms with Gasteiger partial charge in [0.15, 0.2) is 0 Å². The van der Waals surface area contributed by atoms with Crippen LogP contribution >= 0.6 is 0 Å². The first-order chi connectivity index (χ1) is 10.2. The van der Waals surface area contributed by atoms with Gasteiger partial charge in [0.05, 0.1) is 13.2 Å². The van der Waals surface area contributed by atoms with Crippen molar-refractivity contribution in [3.63, 3.8) is 0 Å². The number of hydrogen-bond donors (Lipinski definition) is 1. The highest BCUT2D eigenvalue weighted by atomic mass is 16.5. The molecule has 0 radical (unpaired) electrons. The van der Waals surface area contributed by atoms with Gasteiger partial charge >= 0.3 is 11.9 Å². The minimum Gasteiger partial charge on any atom is -0.465 e. The van der Waals surface area contributed by atoms with Crippen LogP contribution in [0.15, 0.2) is 30.3 Å². The smallest absolute Gasteiger partial charge is 0.323 e. The zero-order valence-corrected chi connectivity index (χ0v) is 12.4. The third-order valence-electron chi connectivity index (χ3n) is 3.61. The van der Waals surface area contributed by atoms with Crippen LogP contribution in [0.25, 0.3) is 0 Å². The molecule has 114 valence electrons. The van der Waals surface area contributed by atoms with Crippen LogP contribution in [0.2, 0.25) is 0 Å². The lowest BCUT2D eigenvalue weighted by molar-refractivity contribution is -0.146. The quantitative estimate of drug-likeness (QED) is 0.835. The molecule has 0 saturated carbocycles. The molecule has 1 N–H and O–H groups in total. The van der Waals surface area contributed by atoms with E-state index in [0.29, 0.717) is 19.6 Å². The SMILES string of the molecule is CCOC(=O)[C@@H]1C[C@H](c2ccccc2)[C@H](C(=O)OCC)N1. The Labute approximate surface area is 124 Å². The molecule has 2 rings (SSSR count). The van der Waals surface area contributed by atoms with Gasteiger partial charge in [0.1, 0.15) is 12.1 Å². The van der Waals surface area contributed by atoms with Gasteiger partial charge in [-0.1, -0.05) is 30.3 Å². The summed E-state index contributed by atoms with van der Waals surface area (Å²) >= 11 is 0. The van der Waals surface area contributed by atoms with Crippen LogP contribution < -0.4 is 5.32 Å². The van der Waals surface area contributed by atoms with E-state index in [4.69, 9.17) is 9.47 Å². The molecule has 0 aliphatic carbocycles. The molecule has 5 heteroatoms. The summed E-state index contributed by atoms with van der Waals surface area (Å²) in [6, 6.07) is 8.72. The first-order valence-electron chi connectivity index (χ1n) is 7.31. The summed E-state index contributed by atoms with van der Waals surface area (Å²) < 4.78 is 10.2. The minimum absolute atomic E-state index is 0.0837. The zero-order valence-electron chi connectivity index (χ0n) is 12.4. The first kappa shape index (κ1) is 15.5. The number of nitrogens with one attached hydrogen (secondary N) is 1. The Morgan fingerprint density at radius 1 is 1.10 bits per heavy atom. The summed E-state index contributed by atoms with van der Waals surface area (Å²) in [5.74, 6) is -0.719. The molecule has 5 nitrogen and oxygen atoms in total. The number of esters is 2. The molecule has 1 aliphatic heterocycles. The highest BCUT2D eigenvalue weighted by Crippen LogP contribution is 2.32. The summed E-state index contributed by atoms with van der Waals surface area (Å²) in [6.45, 7) is 4.19. The van der Waals surface area contributed by atoms with E-state index in [0.717, 1.165) is 5.56 Å². The number of carbonyl (C=O) groups excluding carboxylic acids is 2. The zero-order chi connectivity index (χ0) is 15.2. The number of carbonyl (C=O) groups is 2. The molecule has 21 heavy (non-hydrogen) atoms. The van der Waals surface area contributed by atoms with Crippen molar-refractivity contribution in [3.05, 3.63) is 35.9 Å². The molecule has 3 atom stereocenters. The normalized spacial score (nSPS) is 24.6.